The summed E-state index contributed by atoms with van der Waals surface area (Å²) in [6, 6.07) is 0. The van der Waals surface area contributed by atoms with E-state index in [-0.39, 0.29) is 6.15 Å². The van der Waals surface area contributed by atoms with Crippen LogP contribution in [-0.2, 0) is 4.79 Å². The third-order valence-electron chi connectivity index (χ3n) is 4.06. The van der Waals surface area contributed by atoms with Gasteiger partial charge in [-0.1, -0.05) is 64.0 Å². The quantitative estimate of drug-likeness (QED) is 0.333. The summed E-state index contributed by atoms with van der Waals surface area (Å²) in [5.41, 5.74) is 0. The molecule has 0 bridgehead atoms. The van der Waals surface area contributed by atoms with Crippen LogP contribution in [0.4, 0.5) is 0 Å². The van der Waals surface area contributed by atoms with Crippen molar-refractivity contribution in [3.63, 3.8) is 0 Å². The molecular weight excluding hydrogens is 246 g/mol. The van der Waals surface area contributed by atoms with Gasteiger partial charge in [0.05, 0.1) is 0 Å². The molecule has 118 valence electrons. The van der Waals surface area contributed by atoms with Crippen LogP contribution in [0.3, 0.4) is 0 Å². The number of rotatable bonds is 13. The van der Waals surface area contributed by atoms with E-state index < -0.39 is 0 Å². The fourth-order valence-electron chi connectivity index (χ4n) is 2.55. The molecule has 0 amide bonds. The van der Waals surface area contributed by atoms with E-state index in [1.807, 2.05) is 0 Å². The third kappa shape index (κ3) is 11.2. The Balaban J connectivity index is 0.00000361. The van der Waals surface area contributed by atoms with Crippen molar-refractivity contribution >= 4 is 5.78 Å². The predicted octanol–water partition coefficient (Wildman–Crippen LogP) is 5.99. The first-order valence-corrected chi connectivity index (χ1v) is 8.52. The second-order valence-electron chi connectivity index (χ2n) is 6.03. The number of Topliss-reactive ketones (excluding diaryl/α,β-unsaturated/α-hetero) is 1. The number of hydrogen-bond donors (Lipinski definition) is 1. The van der Waals surface area contributed by atoms with E-state index >= 15 is 0 Å². The topological polar surface area (TPSA) is 52.1 Å². The molecule has 0 aromatic rings. The van der Waals surface area contributed by atoms with E-state index in [2.05, 4.69) is 19.1 Å². The number of allylic oxidation sites excluding steroid dienone is 2. The molecule has 0 aromatic heterocycles. The first-order valence-electron chi connectivity index (χ1n) is 8.52. The van der Waals surface area contributed by atoms with Gasteiger partial charge in [-0.2, -0.15) is 0 Å². The lowest BCUT2D eigenvalue weighted by Crippen LogP contribution is -1.82. The molecule has 0 heterocycles. The average molecular weight is 281 g/mol. The van der Waals surface area contributed by atoms with Gasteiger partial charge < -0.3 is 6.15 Å². The van der Waals surface area contributed by atoms with E-state index in [0.717, 1.165) is 12.8 Å². The molecule has 0 aromatic carbocycles. The second-order valence-corrected chi connectivity index (χ2v) is 6.03. The molecule has 3 N–H and O–H groups in total. The Hall–Kier alpha value is -0.630. The van der Waals surface area contributed by atoms with E-state index in [1.165, 1.54) is 70.6 Å². The predicted molar refractivity (Wildman–Crippen MR) is 88.4 cm³/mol. The van der Waals surface area contributed by atoms with Gasteiger partial charge in [0.25, 0.3) is 0 Å². The highest BCUT2D eigenvalue weighted by atomic mass is 16.1. The minimum Gasteiger partial charge on any atom is -0.344 e. The molecule has 20 heavy (non-hydrogen) atoms. The largest absolute Gasteiger partial charge is 0.344 e. The van der Waals surface area contributed by atoms with Crippen LogP contribution < -0.4 is 6.15 Å². The Morgan fingerprint density at radius 3 is 1.95 bits per heavy atom. The molecule has 2 nitrogen and oxygen atoms in total. The monoisotopic (exact) mass is 281 g/mol. The molecule has 0 aliphatic heterocycles. The van der Waals surface area contributed by atoms with Crippen LogP contribution in [-0.4, -0.2) is 5.78 Å². The van der Waals surface area contributed by atoms with Gasteiger partial charge in [-0.15, -0.1) is 0 Å². The Labute approximate surface area is 126 Å². The van der Waals surface area contributed by atoms with Crippen LogP contribution in [0.25, 0.3) is 0 Å². The number of hydrogen-bond acceptors (Lipinski definition) is 2. The fourth-order valence-corrected chi connectivity index (χ4v) is 2.55. The standard InChI is InChI=1S/C18H32O.H3N/c1-2-3-4-5-6-7-8-9-10-11-12-13-14-15-17-16-18(17)19;/h9-10,17H,2-8,11-16H2,1H3;1H3. The van der Waals surface area contributed by atoms with Crippen molar-refractivity contribution in [2.45, 2.75) is 90.4 Å². The second kappa shape index (κ2) is 13.4. The molecule has 1 atom stereocenters. The first kappa shape index (κ1) is 19.4. The number of carbonyl (C=O) groups excluding carboxylic acids is 1. The van der Waals surface area contributed by atoms with Crippen LogP contribution in [0.5, 0.6) is 0 Å². The zero-order chi connectivity index (χ0) is 13.8. The summed E-state index contributed by atoms with van der Waals surface area (Å²) in [5.74, 6) is 0.960. The minimum atomic E-state index is 0. The van der Waals surface area contributed by atoms with Gasteiger partial charge in [-0.05, 0) is 32.1 Å². The smallest absolute Gasteiger partial charge is 0.137 e. The van der Waals surface area contributed by atoms with Crippen LogP contribution in [0.15, 0.2) is 12.2 Å². The van der Waals surface area contributed by atoms with Crippen molar-refractivity contribution in [2.24, 2.45) is 5.92 Å². The van der Waals surface area contributed by atoms with Crippen LogP contribution in [0, 0.1) is 5.92 Å². The van der Waals surface area contributed by atoms with Crippen LogP contribution >= 0.6 is 0 Å². The van der Waals surface area contributed by atoms with E-state index in [4.69, 9.17) is 0 Å². The van der Waals surface area contributed by atoms with Crippen molar-refractivity contribution < 1.29 is 4.79 Å². The molecule has 0 saturated heterocycles. The highest BCUT2D eigenvalue weighted by Crippen LogP contribution is 2.29. The summed E-state index contributed by atoms with van der Waals surface area (Å²) in [4.78, 5) is 10.8. The summed E-state index contributed by atoms with van der Waals surface area (Å²) in [5, 5.41) is 0. The van der Waals surface area contributed by atoms with Gasteiger partial charge >= 0.3 is 0 Å². The molecule has 1 rings (SSSR count). The number of carbonyl (C=O) groups is 1. The summed E-state index contributed by atoms with van der Waals surface area (Å²) in [6.07, 6.45) is 21.4. The fraction of sp³-hybridized carbons (Fsp3) is 0.833. The Kier molecular flexibility index (Phi) is 12.9. The maximum Gasteiger partial charge on any atom is 0.137 e. The highest BCUT2D eigenvalue weighted by molar-refractivity contribution is 5.95. The third-order valence-corrected chi connectivity index (χ3v) is 4.06. The van der Waals surface area contributed by atoms with Crippen molar-refractivity contribution in [1.82, 2.24) is 6.15 Å². The van der Waals surface area contributed by atoms with Gasteiger partial charge in [-0.25, -0.2) is 0 Å². The molecule has 1 unspecified atom stereocenters. The van der Waals surface area contributed by atoms with Gasteiger partial charge in [0.15, 0.2) is 0 Å². The summed E-state index contributed by atoms with van der Waals surface area (Å²) in [7, 11) is 0. The van der Waals surface area contributed by atoms with E-state index in [9.17, 15) is 4.79 Å². The van der Waals surface area contributed by atoms with Crippen molar-refractivity contribution in [2.75, 3.05) is 0 Å². The van der Waals surface area contributed by atoms with Crippen LogP contribution in [0.2, 0.25) is 0 Å². The lowest BCUT2D eigenvalue weighted by Gasteiger charge is -1.98. The minimum absolute atomic E-state index is 0. The van der Waals surface area contributed by atoms with Gasteiger partial charge in [0.2, 0.25) is 0 Å². The maximum absolute atomic E-state index is 10.8. The van der Waals surface area contributed by atoms with Gasteiger partial charge in [0.1, 0.15) is 5.78 Å². The highest BCUT2D eigenvalue weighted by Gasteiger charge is 2.33. The molecule has 0 spiro atoms. The first-order chi connectivity index (χ1) is 9.34. The molecule has 1 aliphatic rings. The zero-order valence-corrected chi connectivity index (χ0v) is 13.5. The van der Waals surface area contributed by atoms with Crippen molar-refractivity contribution in [3.8, 4) is 0 Å². The van der Waals surface area contributed by atoms with Crippen LogP contribution in [0.1, 0.15) is 90.4 Å². The lowest BCUT2D eigenvalue weighted by molar-refractivity contribution is -0.111. The number of ketones is 1. The van der Waals surface area contributed by atoms with Gasteiger partial charge in [0, 0.05) is 12.3 Å². The Morgan fingerprint density at radius 1 is 0.900 bits per heavy atom. The maximum atomic E-state index is 10.8. The Bertz CT molecular complexity index is 260. The molecular formula is C18H35NO. The van der Waals surface area contributed by atoms with Crippen molar-refractivity contribution in [1.29, 1.82) is 0 Å². The SMILES string of the molecule is CCCCCCCCC=CCCCCCC1CC1=O.N. The molecule has 0 radical (unpaired) electrons. The van der Waals surface area contributed by atoms with E-state index in [0.29, 0.717) is 11.7 Å². The normalized spacial score (nSPS) is 17.4. The zero-order valence-electron chi connectivity index (χ0n) is 13.5. The number of unbranched alkanes of at least 4 members (excludes halogenated alkanes) is 9. The summed E-state index contributed by atoms with van der Waals surface area (Å²) >= 11 is 0. The summed E-state index contributed by atoms with van der Waals surface area (Å²) < 4.78 is 0. The Morgan fingerprint density at radius 2 is 1.40 bits per heavy atom. The molecule has 2 heteroatoms. The van der Waals surface area contributed by atoms with Gasteiger partial charge in [-0.3, -0.25) is 4.79 Å². The molecule has 1 aliphatic carbocycles. The summed E-state index contributed by atoms with van der Waals surface area (Å²) in [6.45, 7) is 2.27. The average Bonchev–Trinajstić information content (AvgIpc) is 3.11. The molecule has 1 fully saturated rings. The van der Waals surface area contributed by atoms with Crippen molar-refractivity contribution in [3.05, 3.63) is 12.2 Å². The molecule has 1 saturated carbocycles. The lowest BCUT2D eigenvalue weighted by atomic mass is 10.1. The van der Waals surface area contributed by atoms with E-state index in [1.54, 1.807) is 0 Å².